The highest BCUT2D eigenvalue weighted by molar-refractivity contribution is 6.09. The third-order valence-corrected chi connectivity index (χ3v) is 9.73. The first-order valence-electron chi connectivity index (χ1n) is 13.3. The predicted molar refractivity (Wildman–Crippen MR) is 158 cm³/mol. The van der Waals surface area contributed by atoms with Gasteiger partial charge in [0, 0.05) is 0 Å². The summed E-state index contributed by atoms with van der Waals surface area (Å²) in [4.78, 5) is 0. The quantitative estimate of drug-likeness (QED) is 0.296. The molecule has 0 aromatic heterocycles. The largest absolute Gasteiger partial charge is 0.212 e. The highest BCUT2D eigenvalue weighted by atomic mass is 27.1. The van der Waals surface area contributed by atoms with Gasteiger partial charge in [-0.3, -0.25) is 0 Å². The number of rotatable bonds is 9. The van der Waals surface area contributed by atoms with E-state index in [0.717, 1.165) is 17.8 Å². The van der Waals surface area contributed by atoms with Gasteiger partial charge in [0.2, 0.25) is 48.9 Å². The lowest BCUT2D eigenvalue weighted by atomic mass is 9.99. The molecule has 174 valence electrons. The summed E-state index contributed by atoms with van der Waals surface area (Å²) in [5.74, 6) is 2.47. The van der Waals surface area contributed by atoms with Crippen LogP contribution < -0.4 is 0 Å². The molecule has 0 radical (unpaired) electrons. The maximum atomic E-state index is 2.27. The van der Waals surface area contributed by atoms with Gasteiger partial charge >= 0.3 is 0 Å². The summed E-state index contributed by atoms with van der Waals surface area (Å²) in [5.41, 5.74) is 4.56. The summed E-state index contributed by atoms with van der Waals surface area (Å²) in [5, 5.41) is 4.17. The zero-order chi connectivity index (χ0) is 24.3. The molecule has 0 N–H and O–H groups in total. The van der Waals surface area contributed by atoms with Crippen LogP contribution >= 0.6 is 0 Å². The second kappa shape index (κ2) is 19.6. The van der Waals surface area contributed by atoms with Gasteiger partial charge in [-0.15, -0.1) is 0 Å². The SMILES string of the molecule is CCC([CH2][AlH2])c1ccccc1.CCC([CH2][AlH2])c1ccccc1.CCC([CH2][AlH2])c1ccccc1. The van der Waals surface area contributed by atoms with E-state index in [9.17, 15) is 0 Å². The van der Waals surface area contributed by atoms with Crippen molar-refractivity contribution in [2.45, 2.75) is 73.6 Å². The number of hydrogen-bond donors (Lipinski definition) is 0. The average Bonchev–Trinajstić information content (AvgIpc) is 2.89. The highest BCUT2D eigenvalue weighted by Gasteiger charge is 2.05. The number of benzene rings is 3. The van der Waals surface area contributed by atoms with Crippen LogP contribution in [-0.4, -0.2) is 48.9 Å². The van der Waals surface area contributed by atoms with E-state index in [-0.39, 0.29) is 0 Å². The molecule has 0 nitrogen and oxygen atoms in total. The second-order valence-electron chi connectivity index (χ2n) is 8.77. The lowest BCUT2D eigenvalue weighted by molar-refractivity contribution is 0.732. The zero-order valence-electron chi connectivity index (χ0n) is 22.1. The summed E-state index contributed by atoms with van der Waals surface area (Å²) < 4.78 is 0. The van der Waals surface area contributed by atoms with Crippen molar-refractivity contribution in [2.24, 2.45) is 0 Å². The second-order valence-corrected chi connectivity index (χ2v) is 11.2. The van der Waals surface area contributed by atoms with Crippen molar-refractivity contribution in [3.05, 3.63) is 108 Å². The molecule has 0 aliphatic carbocycles. The molecule has 33 heavy (non-hydrogen) atoms. The van der Waals surface area contributed by atoms with Gasteiger partial charge < -0.3 is 0 Å². The van der Waals surface area contributed by atoms with E-state index in [0.29, 0.717) is 0 Å². The molecule has 3 rings (SSSR count). The third kappa shape index (κ3) is 12.0. The molecule has 3 atom stereocenters. The molecule has 3 heteroatoms. The summed E-state index contributed by atoms with van der Waals surface area (Å²) in [6.45, 7) is 6.82. The van der Waals surface area contributed by atoms with Crippen LogP contribution in [0.3, 0.4) is 0 Å². The van der Waals surface area contributed by atoms with Crippen molar-refractivity contribution < 1.29 is 0 Å². The van der Waals surface area contributed by atoms with Crippen LogP contribution in [-0.2, 0) is 0 Å². The summed E-state index contributed by atoms with van der Waals surface area (Å²) in [6, 6.07) is 32.5. The molecule has 0 saturated carbocycles. The monoisotopic (exact) mass is 486 g/mol. The van der Waals surface area contributed by atoms with Crippen molar-refractivity contribution in [1.82, 2.24) is 0 Å². The Morgan fingerprint density at radius 1 is 0.424 bits per heavy atom. The van der Waals surface area contributed by atoms with Crippen molar-refractivity contribution >= 4 is 48.9 Å². The van der Waals surface area contributed by atoms with Gasteiger partial charge in [0.15, 0.2) is 0 Å². The van der Waals surface area contributed by atoms with Gasteiger partial charge in [-0.25, -0.2) is 0 Å². The first-order valence-corrected chi connectivity index (χ1v) is 17.5. The molecular formula is C30H45Al3. The van der Waals surface area contributed by atoms with E-state index < -0.39 is 0 Å². The van der Waals surface area contributed by atoms with E-state index in [4.69, 9.17) is 0 Å². The van der Waals surface area contributed by atoms with E-state index in [1.807, 2.05) is 0 Å². The minimum Gasteiger partial charge on any atom is -0.0946 e. The van der Waals surface area contributed by atoms with Crippen LogP contribution in [0.1, 0.15) is 74.5 Å². The summed E-state index contributed by atoms with van der Waals surface area (Å²) >= 11 is 3.95. The van der Waals surface area contributed by atoms with Crippen LogP contribution in [0, 0.1) is 0 Å². The molecule has 3 aromatic carbocycles. The standard InChI is InChI=1S/3C10H13.3Al.6H/c3*1-3-9(2)10-7-5-4-6-8-10;;;;;;;;;/h3*4-9H,2-3H2,1H3;;;;;;;;;. The predicted octanol–water partition coefficient (Wildman–Crippen LogP) is 6.69. The Bertz CT molecular complexity index is 681. The lowest BCUT2D eigenvalue weighted by Gasteiger charge is -2.11. The molecule has 3 unspecified atom stereocenters. The van der Waals surface area contributed by atoms with Crippen molar-refractivity contribution in [3.8, 4) is 0 Å². The Morgan fingerprint density at radius 3 is 0.788 bits per heavy atom. The van der Waals surface area contributed by atoms with Gasteiger partial charge in [-0.05, 0) is 34.4 Å². The van der Waals surface area contributed by atoms with Gasteiger partial charge in [0.25, 0.3) is 0 Å². The Kier molecular flexibility index (Phi) is 17.9. The van der Waals surface area contributed by atoms with Crippen molar-refractivity contribution in [2.75, 3.05) is 0 Å². The van der Waals surface area contributed by atoms with Crippen LogP contribution in [0.15, 0.2) is 91.0 Å². The lowest BCUT2D eigenvalue weighted by Crippen LogP contribution is -1.94. The average molecular weight is 487 g/mol. The van der Waals surface area contributed by atoms with E-state index in [2.05, 4.69) is 112 Å². The molecule has 0 amide bonds. The molecule has 0 aliphatic rings. The summed E-state index contributed by atoms with van der Waals surface area (Å²) in [7, 11) is 0. The fourth-order valence-corrected chi connectivity index (χ4v) is 7.60. The maximum absolute atomic E-state index is 2.27. The fourth-order valence-electron chi connectivity index (χ4n) is 4.46. The third-order valence-electron chi connectivity index (χ3n) is 6.77. The molecular weight excluding hydrogens is 441 g/mol. The zero-order valence-corrected chi connectivity index (χ0v) is 28.1. The highest BCUT2D eigenvalue weighted by Crippen LogP contribution is 2.23. The molecule has 0 aliphatic heterocycles. The summed E-state index contributed by atoms with van der Waals surface area (Å²) in [6.07, 6.45) is 3.86. The first kappa shape index (κ1) is 30.3. The van der Waals surface area contributed by atoms with Crippen LogP contribution in [0.2, 0.25) is 15.8 Å². The topological polar surface area (TPSA) is 0 Å². The molecule has 0 bridgehead atoms. The fraction of sp³-hybridized carbons (Fsp3) is 0.400. The molecule has 0 spiro atoms. The van der Waals surface area contributed by atoms with E-state index >= 15 is 0 Å². The Morgan fingerprint density at radius 2 is 0.636 bits per heavy atom. The normalized spacial score (nSPS) is 12.8. The van der Waals surface area contributed by atoms with Crippen LogP contribution in [0.25, 0.3) is 0 Å². The maximum Gasteiger partial charge on any atom is 0.212 e. The van der Waals surface area contributed by atoms with Gasteiger partial charge in [0.1, 0.15) is 0 Å². The van der Waals surface area contributed by atoms with Crippen LogP contribution in [0.4, 0.5) is 0 Å². The smallest absolute Gasteiger partial charge is 0.0946 e. The Balaban J connectivity index is 0.000000247. The van der Waals surface area contributed by atoms with Gasteiger partial charge in [0.05, 0.1) is 0 Å². The van der Waals surface area contributed by atoms with Crippen molar-refractivity contribution in [3.63, 3.8) is 0 Å². The first-order chi connectivity index (χ1) is 16.1. The van der Waals surface area contributed by atoms with Gasteiger partial charge in [-0.2, -0.15) is 0 Å². The molecule has 3 aromatic rings. The minimum atomic E-state index is 0.822. The Hall–Kier alpha value is -0.743. The molecule has 0 fully saturated rings. The molecule has 0 saturated heterocycles. The van der Waals surface area contributed by atoms with Crippen LogP contribution in [0.5, 0.6) is 0 Å². The minimum absolute atomic E-state index is 0.822. The van der Waals surface area contributed by atoms with Gasteiger partial charge in [-0.1, -0.05) is 147 Å². The van der Waals surface area contributed by atoms with Crippen molar-refractivity contribution in [1.29, 1.82) is 0 Å². The Labute approximate surface area is 228 Å². The van der Waals surface area contributed by atoms with E-state index in [1.54, 1.807) is 0 Å². The number of hydrogen-bond acceptors (Lipinski definition) is 0. The van der Waals surface area contributed by atoms with E-state index in [1.165, 1.54) is 101 Å². The molecule has 0 heterocycles.